The predicted molar refractivity (Wildman–Crippen MR) is 77.0 cm³/mol. The molecule has 19 heavy (non-hydrogen) atoms. The predicted octanol–water partition coefficient (Wildman–Crippen LogP) is 2.67. The number of pyridine rings is 1. The van der Waals surface area contributed by atoms with E-state index in [0.717, 1.165) is 25.0 Å². The zero-order valence-corrected chi connectivity index (χ0v) is 11.1. The molecule has 1 aromatic carbocycles. The SMILES string of the molecule is NC(Cc1ccnc2ccccc12)C1CCCCO1. The average molecular weight is 256 g/mol. The Morgan fingerprint density at radius 2 is 2.16 bits per heavy atom. The summed E-state index contributed by atoms with van der Waals surface area (Å²) in [5.74, 6) is 0. The summed E-state index contributed by atoms with van der Waals surface area (Å²) in [5, 5.41) is 1.20. The van der Waals surface area contributed by atoms with Crippen LogP contribution < -0.4 is 5.73 Å². The quantitative estimate of drug-likeness (QED) is 0.918. The van der Waals surface area contributed by atoms with E-state index in [1.807, 2.05) is 18.3 Å². The minimum Gasteiger partial charge on any atom is -0.377 e. The van der Waals surface area contributed by atoms with Gasteiger partial charge in [-0.05, 0) is 43.4 Å². The number of aromatic nitrogens is 1. The molecule has 0 saturated carbocycles. The Morgan fingerprint density at radius 3 is 3.00 bits per heavy atom. The lowest BCUT2D eigenvalue weighted by Gasteiger charge is -2.28. The van der Waals surface area contributed by atoms with Gasteiger partial charge in [0.15, 0.2) is 0 Å². The fourth-order valence-electron chi connectivity index (χ4n) is 2.82. The van der Waals surface area contributed by atoms with Crippen molar-refractivity contribution in [1.82, 2.24) is 4.98 Å². The van der Waals surface area contributed by atoms with Gasteiger partial charge in [-0.3, -0.25) is 4.98 Å². The maximum Gasteiger partial charge on any atom is 0.0729 e. The maximum atomic E-state index is 6.33. The molecule has 1 aliphatic rings. The Balaban J connectivity index is 1.80. The molecule has 3 nitrogen and oxygen atoms in total. The second kappa shape index (κ2) is 5.68. The van der Waals surface area contributed by atoms with Crippen LogP contribution in [0, 0.1) is 0 Å². The van der Waals surface area contributed by atoms with Crippen LogP contribution in [0.4, 0.5) is 0 Å². The summed E-state index contributed by atoms with van der Waals surface area (Å²) in [7, 11) is 0. The number of fused-ring (bicyclic) bond motifs is 1. The molecule has 1 saturated heterocycles. The van der Waals surface area contributed by atoms with Gasteiger partial charge in [-0.2, -0.15) is 0 Å². The first-order valence-corrected chi connectivity index (χ1v) is 7.04. The minimum absolute atomic E-state index is 0.0751. The number of ether oxygens (including phenoxy) is 1. The Morgan fingerprint density at radius 1 is 1.26 bits per heavy atom. The van der Waals surface area contributed by atoms with Crippen molar-refractivity contribution in [2.45, 2.75) is 37.8 Å². The lowest BCUT2D eigenvalue weighted by Crippen LogP contribution is -2.40. The van der Waals surface area contributed by atoms with Crippen LogP contribution >= 0.6 is 0 Å². The molecule has 0 spiro atoms. The third-order valence-corrected chi connectivity index (χ3v) is 3.89. The van der Waals surface area contributed by atoms with Crippen molar-refractivity contribution in [1.29, 1.82) is 0 Å². The zero-order chi connectivity index (χ0) is 13.1. The summed E-state index contributed by atoms with van der Waals surface area (Å²) in [6.07, 6.45) is 6.42. The number of nitrogens with two attached hydrogens (primary N) is 1. The minimum atomic E-state index is 0.0751. The molecule has 3 rings (SSSR count). The molecular formula is C16H20N2O. The summed E-state index contributed by atoms with van der Waals surface area (Å²) in [4.78, 5) is 4.39. The third-order valence-electron chi connectivity index (χ3n) is 3.89. The topological polar surface area (TPSA) is 48.1 Å². The van der Waals surface area contributed by atoms with Crippen molar-refractivity contribution < 1.29 is 4.74 Å². The van der Waals surface area contributed by atoms with E-state index in [0.29, 0.717) is 0 Å². The highest BCUT2D eigenvalue weighted by Gasteiger charge is 2.22. The highest BCUT2D eigenvalue weighted by Crippen LogP contribution is 2.21. The van der Waals surface area contributed by atoms with Crippen LogP contribution in [0.5, 0.6) is 0 Å². The van der Waals surface area contributed by atoms with Gasteiger partial charge < -0.3 is 10.5 Å². The molecule has 1 aliphatic heterocycles. The molecule has 1 aromatic heterocycles. The van der Waals surface area contributed by atoms with Gasteiger partial charge >= 0.3 is 0 Å². The molecule has 100 valence electrons. The molecule has 0 aliphatic carbocycles. The van der Waals surface area contributed by atoms with Crippen LogP contribution in [0.3, 0.4) is 0 Å². The summed E-state index contributed by atoms with van der Waals surface area (Å²) < 4.78 is 5.78. The van der Waals surface area contributed by atoms with E-state index >= 15 is 0 Å². The van der Waals surface area contributed by atoms with E-state index in [1.54, 1.807) is 0 Å². The van der Waals surface area contributed by atoms with Crippen LogP contribution in [-0.4, -0.2) is 23.7 Å². The molecule has 2 atom stereocenters. The van der Waals surface area contributed by atoms with Gasteiger partial charge in [-0.1, -0.05) is 18.2 Å². The number of rotatable bonds is 3. The molecule has 2 N–H and O–H groups in total. The highest BCUT2D eigenvalue weighted by atomic mass is 16.5. The second-order valence-electron chi connectivity index (χ2n) is 5.26. The van der Waals surface area contributed by atoms with Crippen molar-refractivity contribution in [3.63, 3.8) is 0 Å². The van der Waals surface area contributed by atoms with E-state index in [-0.39, 0.29) is 12.1 Å². The van der Waals surface area contributed by atoms with Crippen molar-refractivity contribution in [2.75, 3.05) is 6.61 Å². The Kier molecular flexibility index (Phi) is 3.76. The van der Waals surface area contributed by atoms with Gasteiger partial charge in [0, 0.05) is 24.2 Å². The van der Waals surface area contributed by atoms with E-state index in [2.05, 4.69) is 23.2 Å². The van der Waals surface area contributed by atoms with Crippen LogP contribution in [0.15, 0.2) is 36.5 Å². The highest BCUT2D eigenvalue weighted by molar-refractivity contribution is 5.81. The molecule has 0 bridgehead atoms. The number of hydrogen-bond acceptors (Lipinski definition) is 3. The monoisotopic (exact) mass is 256 g/mol. The summed E-state index contributed by atoms with van der Waals surface area (Å²) in [5.41, 5.74) is 8.64. The lowest BCUT2D eigenvalue weighted by atomic mass is 9.95. The second-order valence-corrected chi connectivity index (χ2v) is 5.26. The van der Waals surface area contributed by atoms with Gasteiger partial charge in [0.1, 0.15) is 0 Å². The van der Waals surface area contributed by atoms with Gasteiger partial charge in [0.2, 0.25) is 0 Å². The van der Waals surface area contributed by atoms with E-state index in [1.165, 1.54) is 23.8 Å². The van der Waals surface area contributed by atoms with Crippen LogP contribution in [0.2, 0.25) is 0 Å². The van der Waals surface area contributed by atoms with Crippen molar-refractivity contribution >= 4 is 10.9 Å². The fraction of sp³-hybridized carbons (Fsp3) is 0.438. The van der Waals surface area contributed by atoms with Crippen LogP contribution in [0.1, 0.15) is 24.8 Å². The molecule has 0 amide bonds. The van der Waals surface area contributed by atoms with E-state index < -0.39 is 0 Å². The summed E-state index contributed by atoms with van der Waals surface area (Å²) >= 11 is 0. The Bertz CT molecular complexity index is 544. The fourth-order valence-corrected chi connectivity index (χ4v) is 2.82. The number of benzene rings is 1. The number of nitrogens with zero attached hydrogens (tertiary/aromatic N) is 1. The van der Waals surface area contributed by atoms with Crippen LogP contribution in [0.25, 0.3) is 10.9 Å². The van der Waals surface area contributed by atoms with E-state index in [4.69, 9.17) is 10.5 Å². The van der Waals surface area contributed by atoms with Crippen molar-refractivity contribution in [3.8, 4) is 0 Å². The van der Waals surface area contributed by atoms with Crippen LogP contribution in [-0.2, 0) is 11.2 Å². The van der Waals surface area contributed by atoms with Crippen molar-refractivity contribution in [2.24, 2.45) is 5.73 Å². The van der Waals surface area contributed by atoms with Gasteiger partial charge in [0.25, 0.3) is 0 Å². The molecule has 0 radical (unpaired) electrons. The molecule has 3 heteroatoms. The van der Waals surface area contributed by atoms with Gasteiger partial charge in [-0.15, -0.1) is 0 Å². The number of para-hydroxylation sites is 1. The first-order valence-electron chi connectivity index (χ1n) is 7.04. The van der Waals surface area contributed by atoms with Gasteiger partial charge in [-0.25, -0.2) is 0 Å². The average Bonchev–Trinajstić information content (AvgIpc) is 2.48. The maximum absolute atomic E-state index is 6.33. The first kappa shape index (κ1) is 12.6. The molecular weight excluding hydrogens is 236 g/mol. The largest absolute Gasteiger partial charge is 0.377 e. The molecule has 2 aromatic rings. The zero-order valence-electron chi connectivity index (χ0n) is 11.1. The molecule has 1 fully saturated rings. The normalized spacial score (nSPS) is 21.4. The van der Waals surface area contributed by atoms with E-state index in [9.17, 15) is 0 Å². The van der Waals surface area contributed by atoms with Crippen molar-refractivity contribution in [3.05, 3.63) is 42.1 Å². The Hall–Kier alpha value is -1.45. The Labute approximate surface area is 113 Å². The van der Waals surface area contributed by atoms with Gasteiger partial charge in [0.05, 0.1) is 11.6 Å². The molecule has 2 unspecified atom stereocenters. The summed E-state index contributed by atoms with van der Waals surface area (Å²) in [6, 6.07) is 10.4. The molecule has 2 heterocycles. The number of hydrogen-bond donors (Lipinski definition) is 1. The first-order chi connectivity index (χ1) is 9.34. The lowest BCUT2D eigenvalue weighted by molar-refractivity contribution is 0.000690. The summed E-state index contributed by atoms with van der Waals surface area (Å²) in [6.45, 7) is 0.857. The standard InChI is InChI=1S/C16H20N2O/c17-14(16-7-3-4-10-19-16)11-12-8-9-18-15-6-2-1-5-13(12)15/h1-2,5-6,8-9,14,16H,3-4,7,10-11,17H2. The smallest absolute Gasteiger partial charge is 0.0729 e. The third kappa shape index (κ3) is 2.77.